The molecule has 5 aromatic carbocycles. The zero-order chi connectivity index (χ0) is 25.1. The predicted octanol–water partition coefficient (Wildman–Crippen LogP) is 9.86. The first-order chi connectivity index (χ1) is 17.5. The van der Waals surface area contributed by atoms with Crippen LogP contribution in [0, 0.1) is 27.7 Å². The molecule has 0 N–H and O–H groups in total. The van der Waals surface area contributed by atoms with Crippen molar-refractivity contribution in [1.82, 2.24) is 0 Å². The molecule has 0 bridgehead atoms. The van der Waals surface area contributed by atoms with E-state index in [2.05, 4.69) is 159 Å². The minimum absolute atomic E-state index is 0. The first kappa shape index (κ1) is 26.9. The van der Waals surface area contributed by atoms with Crippen molar-refractivity contribution in [2.75, 3.05) is 9.80 Å². The fourth-order valence-corrected chi connectivity index (χ4v) is 4.42. The van der Waals surface area contributed by atoms with E-state index in [1.807, 2.05) is 0 Å². The van der Waals surface area contributed by atoms with Crippen molar-refractivity contribution in [1.29, 1.82) is 0 Å². The van der Waals surface area contributed by atoms with Gasteiger partial charge in [-0.05, 0) is 100 Å². The van der Waals surface area contributed by atoms with Gasteiger partial charge in [-0.1, -0.05) is 70.8 Å². The number of hydrogen-bond donors (Lipinski definition) is 0. The fraction of sp³-hybridized carbons (Fsp3) is 0.118. The second-order valence-corrected chi connectivity index (χ2v) is 9.53. The Morgan fingerprint density at radius 2 is 0.405 bits per heavy atom. The molecule has 0 aliphatic carbocycles. The number of aryl methyl sites for hydroxylation is 4. The molecule has 5 aromatic rings. The molecule has 0 unspecified atom stereocenters. The van der Waals surface area contributed by atoms with Crippen LogP contribution in [0.1, 0.15) is 22.3 Å². The zero-order valence-electron chi connectivity index (χ0n) is 22.0. The monoisotopic (exact) mass is 557 g/mol. The second-order valence-electron chi connectivity index (χ2n) is 9.53. The van der Waals surface area contributed by atoms with Crippen LogP contribution in [0.4, 0.5) is 34.1 Å². The maximum Gasteiger partial charge on any atom is 0.0463 e. The summed E-state index contributed by atoms with van der Waals surface area (Å²) in [6, 6.07) is 43.7. The number of benzene rings is 5. The van der Waals surface area contributed by atoms with E-state index in [-0.39, 0.29) is 32.7 Å². The van der Waals surface area contributed by atoms with Crippen molar-refractivity contribution in [2.45, 2.75) is 27.7 Å². The number of rotatable bonds is 6. The van der Waals surface area contributed by atoms with Gasteiger partial charge in [-0.2, -0.15) is 0 Å². The van der Waals surface area contributed by atoms with Gasteiger partial charge in [-0.15, -0.1) is 0 Å². The Morgan fingerprint density at radius 1 is 0.270 bits per heavy atom. The molecule has 0 aliphatic rings. The molecule has 0 aliphatic heterocycles. The van der Waals surface area contributed by atoms with Gasteiger partial charge in [0.15, 0.2) is 0 Å². The average molecular weight is 558 g/mol. The van der Waals surface area contributed by atoms with Gasteiger partial charge in [0.1, 0.15) is 0 Å². The van der Waals surface area contributed by atoms with Crippen molar-refractivity contribution in [2.24, 2.45) is 0 Å². The Labute approximate surface area is 246 Å². The zero-order valence-corrected chi connectivity index (χ0v) is 24.9. The molecule has 0 fully saturated rings. The predicted molar refractivity (Wildman–Crippen MR) is 155 cm³/mol. The second kappa shape index (κ2) is 11.9. The van der Waals surface area contributed by atoms with E-state index >= 15 is 0 Å². The van der Waals surface area contributed by atoms with Gasteiger partial charge in [0.05, 0.1) is 0 Å². The molecule has 0 saturated heterocycles. The Balaban J connectivity index is 0.00000320. The third-order valence-electron chi connectivity index (χ3n) is 6.53. The summed E-state index contributed by atoms with van der Waals surface area (Å²) < 4.78 is 0. The normalized spacial score (nSPS) is 10.5. The van der Waals surface area contributed by atoms with Gasteiger partial charge in [-0.25, -0.2) is 0 Å². The maximum atomic E-state index is 2.31. The molecule has 2 nitrogen and oxygen atoms in total. The van der Waals surface area contributed by atoms with Gasteiger partial charge < -0.3 is 9.80 Å². The Morgan fingerprint density at radius 3 is 0.568 bits per heavy atom. The summed E-state index contributed by atoms with van der Waals surface area (Å²) in [6.45, 7) is 8.50. The van der Waals surface area contributed by atoms with Crippen LogP contribution in [-0.4, -0.2) is 0 Å². The van der Waals surface area contributed by atoms with Crippen molar-refractivity contribution in [3.05, 3.63) is 144 Å². The molecule has 3 heteroatoms. The summed E-state index contributed by atoms with van der Waals surface area (Å²) in [7, 11) is 0. The molecule has 0 aromatic heterocycles. The van der Waals surface area contributed by atoms with Gasteiger partial charge >= 0.3 is 0 Å². The van der Waals surface area contributed by atoms with Crippen molar-refractivity contribution >= 4 is 34.1 Å². The summed E-state index contributed by atoms with van der Waals surface area (Å²) in [6.07, 6.45) is 0. The Kier molecular flexibility index (Phi) is 8.64. The van der Waals surface area contributed by atoms with E-state index < -0.39 is 0 Å². The molecular formula is C34H32N2Y. The minimum atomic E-state index is 0. The quantitative estimate of drug-likeness (QED) is 0.205. The van der Waals surface area contributed by atoms with E-state index in [0.717, 1.165) is 34.1 Å². The van der Waals surface area contributed by atoms with E-state index in [1.54, 1.807) is 0 Å². The van der Waals surface area contributed by atoms with Crippen LogP contribution in [0.2, 0.25) is 0 Å². The first-order valence-electron chi connectivity index (χ1n) is 12.4. The van der Waals surface area contributed by atoms with E-state index in [0.29, 0.717) is 0 Å². The van der Waals surface area contributed by atoms with Gasteiger partial charge in [0, 0.05) is 66.8 Å². The average Bonchev–Trinajstić information content (AvgIpc) is 2.90. The Hall–Kier alpha value is -3.20. The molecule has 5 rings (SSSR count). The van der Waals surface area contributed by atoms with Crippen molar-refractivity contribution in [3.63, 3.8) is 0 Å². The van der Waals surface area contributed by atoms with Crippen LogP contribution < -0.4 is 9.80 Å². The van der Waals surface area contributed by atoms with Crippen LogP contribution in [-0.2, 0) is 32.7 Å². The third kappa shape index (κ3) is 6.21. The largest absolute Gasteiger partial charge is 0.311 e. The van der Waals surface area contributed by atoms with E-state index in [1.165, 1.54) is 22.3 Å². The summed E-state index contributed by atoms with van der Waals surface area (Å²) in [5, 5.41) is 0. The molecule has 0 amide bonds. The SMILES string of the molecule is Cc1ccc(N(c2ccc(C)cc2)c2ccc(N(c3ccc(C)cc3)c3ccc(C)cc3)cc2)cc1.[Y]. The summed E-state index contributed by atoms with van der Waals surface area (Å²) in [5.74, 6) is 0. The molecule has 0 saturated carbocycles. The van der Waals surface area contributed by atoms with Crippen LogP contribution in [0.25, 0.3) is 0 Å². The number of anilines is 6. The molecule has 181 valence electrons. The molecule has 0 spiro atoms. The molecule has 0 heterocycles. The smallest absolute Gasteiger partial charge is 0.0463 e. The molecule has 1 radical (unpaired) electrons. The first-order valence-corrected chi connectivity index (χ1v) is 12.4. The van der Waals surface area contributed by atoms with Crippen molar-refractivity contribution < 1.29 is 32.7 Å². The third-order valence-corrected chi connectivity index (χ3v) is 6.53. The van der Waals surface area contributed by atoms with Gasteiger partial charge in [0.25, 0.3) is 0 Å². The number of nitrogens with zero attached hydrogens (tertiary/aromatic N) is 2. The summed E-state index contributed by atoms with van der Waals surface area (Å²) >= 11 is 0. The van der Waals surface area contributed by atoms with Gasteiger partial charge in [0.2, 0.25) is 0 Å². The summed E-state index contributed by atoms with van der Waals surface area (Å²) in [5.41, 5.74) is 11.8. The standard InChI is InChI=1S/C34H32N2.Y/c1-25-5-13-29(14-6-25)35(30-15-7-26(2)8-16-30)33-21-23-34(24-22-33)36(31-17-9-27(3)10-18-31)32-19-11-28(4)12-20-32;/h5-24H,1-4H3;. The van der Waals surface area contributed by atoms with Crippen LogP contribution in [0.5, 0.6) is 0 Å². The van der Waals surface area contributed by atoms with Crippen molar-refractivity contribution in [3.8, 4) is 0 Å². The van der Waals surface area contributed by atoms with Crippen LogP contribution in [0.3, 0.4) is 0 Å². The molecule has 0 atom stereocenters. The van der Waals surface area contributed by atoms with E-state index in [4.69, 9.17) is 0 Å². The minimum Gasteiger partial charge on any atom is -0.311 e. The Bertz CT molecular complexity index is 1220. The summed E-state index contributed by atoms with van der Waals surface area (Å²) in [4.78, 5) is 4.62. The van der Waals surface area contributed by atoms with Crippen LogP contribution in [0.15, 0.2) is 121 Å². The molecule has 37 heavy (non-hydrogen) atoms. The topological polar surface area (TPSA) is 6.48 Å². The molecular weight excluding hydrogens is 525 g/mol. The van der Waals surface area contributed by atoms with E-state index in [9.17, 15) is 0 Å². The fourth-order valence-electron chi connectivity index (χ4n) is 4.42. The maximum absolute atomic E-state index is 2.31. The van der Waals surface area contributed by atoms with Gasteiger partial charge in [-0.3, -0.25) is 0 Å². The number of hydrogen-bond acceptors (Lipinski definition) is 2. The van der Waals surface area contributed by atoms with Crippen LogP contribution >= 0.6 is 0 Å².